The summed E-state index contributed by atoms with van der Waals surface area (Å²) >= 11 is 0. The molecule has 3 rings (SSSR count). The van der Waals surface area contributed by atoms with E-state index < -0.39 is 0 Å². The van der Waals surface area contributed by atoms with Gasteiger partial charge in [-0.05, 0) is 55.1 Å². The van der Waals surface area contributed by atoms with Gasteiger partial charge in [0.05, 0.1) is 6.61 Å². The molecule has 106 valence electrons. The summed E-state index contributed by atoms with van der Waals surface area (Å²) in [6.45, 7) is 0.821. The smallest absolute Gasteiger partial charge is 0.119 e. The highest BCUT2D eigenvalue weighted by atomic mass is 16.5. The number of rotatable bonds is 5. The Hall–Kier alpha value is -1.54. The van der Waals surface area contributed by atoms with Crippen molar-refractivity contribution in [1.82, 2.24) is 5.32 Å². The topological polar surface area (TPSA) is 21.3 Å². The molecule has 1 aliphatic rings. The SMILES string of the molecule is CNC1CCCC1CCOc1ccc2ccccc2c1. The third-order valence-electron chi connectivity index (χ3n) is 4.51. The standard InChI is InChI=1S/C18H23NO/c1-19-18-8-4-7-15(18)11-12-20-17-10-9-14-5-2-3-6-16(14)13-17/h2-3,5-6,9-10,13,15,18-19H,4,7-8,11-12H2,1H3. The van der Waals surface area contributed by atoms with Crippen LogP contribution in [0.3, 0.4) is 0 Å². The lowest BCUT2D eigenvalue weighted by Gasteiger charge is -2.19. The van der Waals surface area contributed by atoms with Gasteiger partial charge < -0.3 is 10.1 Å². The summed E-state index contributed by atoms with van der Waals surface area (Å²) in [7, 11) is 2.08. The second-order valence-electron chi connectivity index (χ2n) is 5.73. The van der Waals surface area contributed by atoms with Crippen LogP contribution in [0.2, 0.25) is 0 Å². The predicted octanol–water partition coefficient (Wildman–Crippen LogP) is 4.00. The first-order valence-corrected chi connectivity index (χ1v) is 7.65. The molecule has 1 saturated carbocycles. The summed E-state index contributed by atoms with van der Waals surface area (Å²) < 4.78 is 5.94. The first kappa shape index (κ1) is 13.4. The third-order valence-corrected chi connectivity index (χ3v) is 4.51. The van der Waals surface area contributed by atoms with E-state index in [2.05, 4.69) is 54.8 Å². The molecule has 2 atom stereocenters. The van der Waals surface area contributed by atoms with Crippen molar-refractivity contribution < 1.29 is 4.74 Å². The van der Waals surface area contributed by atoms with Crippen LogP contribution < -0.4 is 10.1 Å². The van der Waals surface area contributed by atoms with E-state index in [1.165, 1.54) is 30.0 Å². The minimum absolute atomic E-state index is 0.690. The van der Waals surface area contributed by atoms with Crippen LogP contribution in [0, 0.1) is 5.92 Å². The van der Waals surface area contributed by atoms with Gasteiger partial charge in [-0.1, -0.05) is 36.8 Å². The molecule has 2 nitrogen and oxygen atoms in total. The van der Waals surface area contributed by atoms with Gasteiger partial charge in [0.1, 0.15) is 5.75 Å². The van der Waals surface area contributed by atoms with Gasteiger partial charge in [-0.3, -0.25) is 0 Å². The van der Waals surface area contributed by atoms with Gasteiger partial charge in [0.15, 0.2) is 0 Å². The summed E-state index contributed by atoms with van der Waals surface area (Å²) in [5.41, 5.74) is 0. The van der Waals surface area contributed by atoms with E-state index >= 15 is 0 Å². The van der Waals surface area contributed by atoms with E-state index in [4.69, 9.17) is 4.74 Å². The van der Waals surface area contributed by atoms with Gasteiger partial charge in [-0.2, -0.15) is 0 Å². The minimum atomic E-state index is 0.690. The number of benzene rings is 2. The Morgan fingerprint density at radius 2 is 1.95 bits per heavy atom. The maximum atomic E-state index is 5.94. The number of hydrogen-bond acceptors (Lipinski definition) is 2. The van der Waals surface area contributed by atoms with Gasteiger partial charge in [0, 0.05) is 6.04 Å². The van der Waals surface area contributed by atoms with E-state index in [9.17, 15) is 0 Å². The van der Waals surface area contributed by atoms with Crippen LogP contribution in [0.4, 0.5) is 0 Å². The van der Waals surface area contributed by atoms with Gasteiger partial charge in [-0.15, -0.1) is 0 Å². The molecule has 2 heteroatoms. The summed E-state index contributed by atoms with van der Waals surface area (Å²) in [6.07, 6.45) is 5.16. The van der Waals surface area contributed by atoms with E-state index in [0.717, 1.165) is 24.7 Å². The molecule has 2 aromatic carbocycles. The fourth-order valence-corrected chi connectivity index (χ4v) is 3.35. The molecule has 1 aliphatic carbocycles. The van der Waals surface area contributed by atoms with E-state index in [1.54, 1.807) is 0 Å². The monoisotopic (exact) mass is 269 g/mol. The molecule has 0 aliphatic heterocycles. The van der Waals surface area contributed by atoms with Crippen LogP contribution in [-0.4, -0.2) is 19.7 Å². The molecule has 0 bridgehead atoms. The second-order valence-corrected chi connectivity index (χ2v) is 5.73. The van der Waals surface area contributed by atoms with Crippen molar-refractivity contribution in [2.75, 3.05) is 13.7 Å². The lowest BCUT2D eigenvalue weighted by atomic mass is 10.0. The lowest BCUT2D eigenvalue weighted by molar-refractivity contribution is 0.264. The zero-order valence-corrected chi connectivity index (χ0v) is 12.1. The molecular weight excluding hydrogens is 246 g/mol. The van der Waals surface area contributed by atoms with Gasteiger partial charge in [0.25, 0.3) is 0 Å². The van der Waals surface area contributed by atoms with Crippen molar-refractivity contribution in [3.05, 3.63) is 42.5 Å². The van der Waals surface area contributed by atoms with Gasteiger partial charge in [-0.25, -0.2) is 0 Å². The average molecular weight is 269 g/mol. The predicted molar refractivity (Wildman–Crippen MR) is 84.2 cm³/mol. The van der Waals surface area contributed by atoms with Crippen molar-refractivity contribution in [3.8, 4) is 5.75 Å². The summed E-state index contributed by atoms with van der Waals surface area (Å²) in [4.78, 5) is 0. The number of fused-ring (bicyclic) bond motifs is 1. The maximum Gasteiger partial charge on any atom is 0.119 e. The van der Waals surface area contributed by atoms with Crippen LogP contribution in [0.1, 0.15) is 25.7 Å². The quantitative estimate of drug-likeness (QED) is 0.886. The normalized spacial score (nSPS) is 22.2. The Labute approximate surface area is 121 Å². The zero-order valence-electron chi connectivity index (χ0n) is 12.1. The molecule has 0 heterocycles. The third kappa shape index (κ3) is 2.96. The molecule has 0 amide bonds. The summed E-state index contributed by atoms with van der Waals surface area (Å²) in [5.74, 6) is 1.77. The van der Waals surface area contributed by atoms with Crippen molar-refractivity contribution >= 4 is 10.8 Å². The van der Waals surface area contributed by atoms with Crippen molar-refractivity contribution in [2.45, 2.75) is 31.7 Å². The first-order valence-electron chi connectivity index (χ1n) is 7.65. The van der Waals surface area contributed by atoms with Crippen molar-refractivity contribution in [3.63, 3.8) is 0 Å². The Morgan fingerprint density at radius 3 is 2.80 bits per heavy atom. The van der Waals surface area contributed by atoms with Gasteiger partial charge in [0.2, 0.25) is 0 Å². The Kier molecular flexibility index (Phi) is 4.22. The molecule has 0 aromatic heterocycles. The maximum absolute atomic E-state index is 5.94. The lowest BCUT2D eigenvalue weighted by Crippen LogP contribution is -2.29. The second kappa shape index (κ2) is 6.27. The molecular formula is C18H23NO. The summed E-state index contributed by atoms with van der Waals surface area (Å²) in [6, 6.07) is 15.5. The largest absolute Gasteiger partial charge is 0.494 e. The highest BCUT2D eigenvalue weighted by Gasteiger charge is 2.25. The molecule has 20 heavy (non-hydrogen) atoms. The minimum Gasteiger partial charge on any atom is -0.494 e. The highest BCUT2D eigenvalue weighted by molar-refractivity contribution is 5.83. The zero-order chi connectivity index (χ0) is 13.8. The number of nitrogens with one attached hydrogen (secondary N) is 1. The molecule has 0 saturated heterocycles. The molecule has 0 spiro atoms. The molecule has 0 radical (unpaired) electrons. The molecule has 1 fully saturated rings. The molecule has 2 unspecified atom stereocenters. The van der Waals surface area contributed by atoms with Crippen LogP contribution in [0.15, 0.2) is 42.5 Å². The molecule has 2 aromatic rings. The first-order chi connectivity index (χ1) is 9.86. The van der Waals surface area contributed by atoms with E-state index in [0.29, 0.717) is 6.04 Å². The van der Waals surface area contributed by atoms with Crippen molar-refractivity contribution in [1.29, 1.82) is 0 Å². The van der Waals surface area contributed by atoms with Crippen LogP contribution in [0.25, 0.3) is 10.8 Å². The fourth-order valence-electron chi connectivity index (χ4n) is 3.35. The number of hydrogen-bond donors (Lipinski definition) is 1. The fraction of sp³-hybridized carbons (Fsp3) is 0.444. The van der Waals surface area contributed by atoms with Crippen LogP contribution >= 0.6 is 0 Å². The average Bonchev–Trinajstić information content (AvgIpc) is 2.95. The van der Waals surface area contributed by atoms with Crippen LogP contribution in [-0.2, 0) is 0 Å². The van der Waals surface area contributed by atoms with E-state index in [1.807, 2.05) is 0 Å². The Balaban J connectivity index is 1.57. The van der Waals surface area contributed by atoms with Gasteiger partial charge >= 0.3 is 0 Å². The highest BCUT2D eigenvalue weighted by Crippen LogP contribution is 2.28. The van der Waals surface area contributed by atoms with Crippen LogP contribution in [0.5, 0.6) is 5.75 Å². The molecule has 1 N–H and O–H groups in total. The summed E-state index contributed by atoms with van der Waals surface area (Å²) in [5, 5.41) is 5.95. The Morgan fingerprint density at radius 1 is 1.10 bits per heavy atom. The van der Waals surface area contributed by atoms with E-state index in [-0.39, 0.29) is 0 Å². The van der Waals surface area contributed by atoms with Crippen molar-refractivity contribution in [2.24, 2.45) is 5.92 Å². The Bertz CT molecular complexity index is 566. The number of ether oxygens (including phenoxy) is 1.